The average molecular weight is 361 g/mol. The number of hydrogen-bond acceptors (Lipinski definition) is 1. The first-order valence-electron chi connectivity index (χ1n) is 11.6. The van der Waals surface area contributed by atoms with Crippen LogP contribution in [0.15, 0.2) is 0 Å². The third-order valence-corrected chi connectivity index (χ3v) is 10.2. The van der Waals surface area contributed by atoms with Crippen LogP contribution in [0.2, 0.25) is 0 Å². The largest absolute Gasteiger partial charge is 0.481 e. The third kappa shape index (κ3) is 2.85. The molecule has 0 aromatic rings. The summed E-state index contributed by atoms with van der Waals surface area (Å²) in [4.78, 5) is 11.0. The van der Waals surface area contributed by atoms with E-state index in [9.17, 15) is 4.79 Å². The summed E-state index contributed by atoms with van der Waals surface area (Å²) in [6.07, 6.45) is 15.7. The molecule has 5 unspecified atom stereocenters. The minimum Gasteiger partial charge on any atom is -0.481 e. The number of rotatable bonds is 4. The minimum atomic E-state index is -0.621. The van der Waals surface area contributed by atoms with E-state index in [0.717, 1.165) is 36.0 Å². The number of hydrogen-bond donors (Lipinski definition) is 1. The topological polar surface area (TPSA) is 37.3 Å². The normalized spacial score (nSPS) is 49.0. The van der Waals surface area contributed by atoms with Gasteiger partial charge in [-0.25, -0.2) is 0 Å². The van der Waals surface area contributed by atoms with Gasteiger partial charge in [-0.1, -0.05) is 33.6 Å². The Bertz CT molecular complexity index is 542. The molecular weight excluding hydrogens is 320 g/mol. The van der Waals surface area contributed by atoms with E-state index in [-0.39, 0.29) is 0 Å². The number of fused-ring (bicyclic) bond motifs is 5. The van der Waals surface area contributed by atoms with Gasteiger partial charge in [0, 0.05) is 6.42 Å². The molecule has 148 valence electrons. The Hall–Kier alpha value is -0.530. The molecule has 0 aromatic carbocycles. The Morgan fingerprint density at radius 3 is 2.50 bits per heavy atom. The molecule has 0 heterocycles. The number of aliphatic carboxylic acids is 1. The summed E-state index contributed by atoms with van der Waals surface area (Å²) in [5.74, 6) is 4.57. The molecule has 4 saturated carbocycles. The molecule has 1 N–H and O–H groups in total. The van der Waals surface area contributed by atoms with Crippen LogP contribution in [0.4, 0.5) is 0 Å². The maximum Gasteiger partial charge on any atom is 0.303 e. The summed E-state index contributed by atoms with van der Waals surface area (Å²) in [7, 11) is 0. The van der Waals surface area contributed by atoms with Gasteiger partial charge in [0.05, 0.1) is 0 Å². The molecule has 0 aliphatic heterocycles. The quantitative estimate of drug-likeness (QED) is 0.618. The molecule has 4 aliphatic carbocycles. The van der Waals surface area contributed by atoms with Crippen molar-refractivity contribution in [2.24, 2.45) is 46.3 Å². The van der Waals surface area contributed by atoms with Crippen LogP contribution >= 0.6 is 0 Å². The third-order valence-electron chi connectivity index (χ3n) is 10.2. The lowest BCUT2D eigenvalue weighted by Crippen LogP contribution is -2.53. The number of carbonyl (C=O) groups is 1. The van der Waals surface area contributed by atoms with Crippen LogP contribution in [0.5, 0.6) is 0 Å². The summed E-state index contributed by atoms with van der Waals surface area (Å²) in [5, 5.41) is 9.09. The van der Waals surface area contributed by atoms with Gasteiger partial charge in [-0.05, 0) is 104 Å². The molecule has 0 aromatic heterocycles. The van der Waals surface area contributed by atoms with E-state index in [2.05, 4.69) is 20.8 Å². The van der Waals surface area contributed by atoms with Crippen molar-refractivity contribution in [3.05, 3.63) is 0 Å². The molecule has 0 radical (unpaired) electrons. The van der Waals surface area contributed by atoms with Gasteiger partial charge in [0.25, 0.3) is 0 Å². The van der Waals surface area contributed by atoms with E-state index in [4.69, 9.17) is 5.11 Å². The monoisotopic (exact) mass is 360 g/mol. The van der Waals surface area contributed by atoms with Crippen molar-refractivity contribution in [3.8, 4) is 0 Å². The maximum atomic E-state index is 11.0. The lowest BCUT2D eigenvalue weighted by Gasteiger charge is -2.61. The van der Waals surface area contributed by atoms with E-state index in [1.54, 1.807) is 0 Å². The summed E-state index contributed by atoms with van der Waals surface area (Å²) < 4.78 is 0. The van der Waals surface area contributed by atoms with Crippen LogP contribution in [0.1, 0.15) is 97.8 Å². The smallest absolute Gasteiger partial charge is 0.303 e. The van der Waals surface area contributed by atoms with Gasteiger partial charge in [0.15, 0.2) is 0 Å². The van der Waals surface area contributed by atoms with Crippen molar-refractivity contribution in [2.45, 2.75) is 97.8 Å². The van der Waals surface area contributed by atoms with E-state index in [0.29, 0.717) is 23.2 Å². The highest BCUT2D eigenvalue weighted by molar-refractivity contribution is 5.66. The molecular formula is C24H40O2. The minimum absolute atomic E-state index is 0.351. The van der Waals surface area contributed by atoms with Crippen LogP contribution in [0.25, 0.3) is 0 Å². The molecule has 8 atom stereocenters. The first kappa shape index (κ1) is 18.8. The zero-order valence-electron chi connectivity index (χ0n) is 17.3. The Morgan fingerprint density at radius 1 is 0.962 bits per heavy atom. The van der Waals surface area contributed by atoms with E-state index in [1.807, 2.05) is 0 Å². The predicted molar refractivity (Wildman–Crippen MR) is 106 cm³/mol. The molecule has 4 aliphatic rings. The Morgan fingerprint density at radius 2 is 1.73 bits per heavy atom. The molecule has 0 bridgehead atoms. The average Bonchev–Trinajstić information content (AvgIpc) is 2.96. The highest BCUT2D eigenvalue weighted by atomic mass is 16.4. The van der Waals surface area contributed by atoms with Gasteiger partial charge < -0.3 is 5.11 Å². The molecule has 2 heteroatoms. The van der Waals surface area contributed by atoms with Gasteiger partial charge in [0.2, 0.25) is 0 Å². The Kier molecular flexibility index (Phi) is 4.93. The van der Waals surface area contributed by atoms with Crippen molar-refractivity contribution in [2.75, 3.05) is 0 Å². The molecule has 26 heavy (non-hydrogen) atoms. The van der Waals surface area contributed by atoms with Crippen molar-refractivity contribution in [1.82, 2.24) is 0 Å². The SMILES string of the molecule is C[C@H](CCC(=O)O)C1CCC2C3CCC4CCCCC4(C)[C@H]3CC[C@@]21C. The van der Waals surface area contributed by atoms with E-state index < -0.39 is 5.97 Å². The summed E-state index contributed by atoms with van der Waals surface area (Å²) in [6, 6.07) is 0. The Balaban J connectivity index is 1.52. The molecule has 4 fully saturated rings. The number of carboxylic acid groups (broad SMARTS) is 1. The fraction of sp³-hybridized carbons (Fsp3) is 0.958. The molecule has 0 amide bonds. The number of carboxylic acids is 1. The van der Waals surface area contributed by atoms with Crippen LogP contribution < -0.4 is 0 Å². The summed E-state index contributed by atoms with van der Waals surface area (Å²) >= 11 is 0. The Labute approximate surface area is 160 Å². The van der Waals surface area contributed by atoms with Crippen molar-refractivity contribution >= 4 is 5.97 Å². The van der Waals surface area contributed by atoms with Crippen molar-refractivity contribution < 1.29 is 9.90 Å². The second kappa shape index (κ2) is 6.82. The van der Waals surface area contributed by atoms with Gasteiger partial charge in [0.1, 0.15) is 0 Å². The van der Waals surface area contributed by atoms with Crippen LogP contribution in [0.3, 0.4) is 0 Å². The van der Waals surface area contributed by atoms with Gasteiger partial charge in [-0.2, -0.15) is 0 Å². The standard InChI is InChI=1S/C24H40O2/c1-16(7-12-22(25)26)19-10-11-20-18-9-8-17-6-4-5-14-23(17,2)21(18)13-15-24(19,20)3/h16-21H,4-15H2,1-3H3,(H,25,26)/t16-,17?,18?,19?,20?,21+,23?,24-/m1/s1. The van der Waals surface area contributed by atoms with E-state index in [1.165, 1.54) is 64.2 Å². The lowest BCUT2D eigenvalue weighted by molar-refractivity contribution is -0.137. The van der Waals surface area contributed by atoms with Crippen molar-refractivity contribution in [3.63, 3.8) is 0 Å². The van der Waals surface area contributed by atoms with Crippen LogP contribution in [-0.4, -0.2) is 11.1 Å². The van der Waals surface area contributed by atoms with Gasteiger partial charge in [-0.15, -0.1) is 0 Å². The van der Waals surface area contributed by atoms with Crippen molar-refractivity contribution in [1.29, 1.82) is 0 Å². The highest BCUT2D eigenvalue weighted by Crippen LogP contribution is 2.68. The first-order valence-corrected chi connectivity index (χ1v) is 11.6. The highest BCUT2D eigenvalue weighted by Gasteiger charge is 2.60. The van der Waals surface area contributed by atoms with Gasteiger partial charge >= 0.3 is 5.97 Å². The maximum absolute atomic E-state index is 11.0. The van der Waals surface area contributed by atoms with Crippen LogP contribution in [-0.2, 0) is 4.79 Å². The van der Waals surface area contributed by atoms with Gasteiger partial charge in [-0.3, -0.25) is 4.79 Å². The van der Waals surface area contributed by atoms with Crippen LogP contribution in [0, 0.1) is 46.3 Å². The second-order valence-corrected chi connectivity index (χ2v) is 11.0. The fourth-order valence-corrected chi connectivity index (χ4v) is 8.82. The lowest BCUT2D eigenvalue weighted by atomic mass is 9.44. The zero-order chi connectivity index (χ0) is 18.5. The molecule has 4 rings (SSSR count). The molecule has 0 spiro atoms. The second-order valence-electron chi connectivity index (χ2n) is 11.0. The molecule has 2 nitrogen and oxygen atoms in total. The first-order chi connectivity index (χ1) is 12.4. The summed E-state index contributed by atoms with van der Waals surface area (Å²) in [5.41, 5.74) is 1.12. The predicted octanol–water partition coefficient (Wildman–Crippen LogP) is 6.54. The fourth-order valence-electron chi connectivity index (χ4n) is 8.82. The van der Waals surface area contributed by atoms with E-state index >= 15 is 0 Å². The summed E-state index contributed by atoms with van der Waals surface area (Å²) in [6.45, 7) is 7.60. The zero-order valence-corrected chi connectivity index (χ0v) is 17.3. The molecule has 0 saturated heterocycles.